The van der Waals surface area contributed by atoms with Crippen molar-refractivity contribution in [3.05, 3.63) is 34.6 Å². The van der Waals surface area contributed by atoms with Crippen LogP contribution < -0.4 is 5.32 Å². The van der Waals surface area contributed by atoms with Crippen LogP contribution >= 0.6 is 15.9 Å². The standard InChI is InChI=1S/C7H11NO.C6H4BrF/c1-4(9)7-6-2-5(6)3-8-7;7-5-1-3-6(8)4-2-5/h5-8H,2-3H2,1H3;1-4H. The number of ketones is 1. The maximum absolute atomic E-state index is 12.1. The summed E-state index contributed by atoms with van der Waals surface area (Å²) in [6, 6.07) is 6.36. The van der Waals surface area contributed by atoms with Gasteiger partial charge in [-0.2, -0.15) is 0 Å². The van der Waals surface area contributed by atoms with Crippen LogP contribution in [-0.4, -0.2) is 18.4 Å². The van der Waals surface area contributed by atoms with Gasteiger partial charge in [0.15, 0.2) is 0 Å². The van der Waals surface area contributed by atoms with Crippen molar-refractivity contribution in [3.63, 3.8) is 0 Å². The quantitative estimate of drug-likeness (QED) is 0.864. The van der Waals surface area contributed by atoms with Crippen molar-refractivity contribution in [2.75, 3.05) is 6.54 Å². The van der Waals surface area contributed by atoms with Crippen LogP contribution in [0.15, 0.2) is 28.7 Å². The molecule has 4 heteroatoms. The van der Waals surface area contributed by atoms with E-state index in [0.29, 0.717) is 11.7 Å². The van der Waals surface area contributed by atoms with Gasteiger partial charge in [0.1, 0.15) is 11.6 Å². The highest BCUT2D eigenvalue weighted by molar-refractivity contribution is 9.10. The molecule has 3 rings (SSSR count). The number of halogens is 2. The van der Waals surface area contributed by atoms with Crippen molar-refractivity contribution in [2.45, 2.75) is 19.4 Å². The number of hydrogen-bond acceptors (Lipinski definition) is 2. The molecule has 1 heterocycles. The number of carbonyl (C=O) groups is 1. The molecule has 0 amide bonds. The Morgan fingerprint density at radius 2 is 2.06 bits per heavy atom. The van der Waals surface area contributed by atoms with Gasteiger partial charge in [-0.3, -0.25) is 4.79 Å². The molecule has 2 aliphatic rings. The molecule has 92 valence electrons. The Labute approximate surface area is 109 Å². The first kappa shape index (κ1) is 12.7. The lowest BCUT2D eigenvalue weighted by molar-refractivity contribution is -0.119. The number of Topliss-reactive ketones (excluding diaryl/α,β-unsaturated/α-hetero) is 1. The minimum atomic E-state index is -0.201. The van der Waals surface area contributed by atoms with Crippen molar-refractivity contribution in [1.29, 1.82) is 0 Å². The third-order valence-electron chi connectivity index (χ3n) is 3.25. The molecule has 0 aromatic heterocycles. The summed E-state index contributed by atoms with van der Waals surface area (Å²) in [4.78, 5) is 10.8. The first-order chi connectivity index (χ1) is 8.08. The lowest BCUT2D eigenvalue weighted by Crippen LogP contribution is -2.32. The number of hydrogen-bond donors (Lipinski definition) is 1. The summed E-state index contributed by atoms with van der Waals surface area (Å²) >= 11 is 3.18. The normalized spacial score (nSPS) is 29.0. The Kier molecular flexibility index (Phi) is 3.94. The Hall–Kier alpha value is -0.740. The van der Waals surface area contributed by atoms with Crippen LogP contribution in [0.5, 0.6) is 0 Å². The molecule has 17 heavy (non-hydrogen) atoms. The van der Waals surface area contributed by atoms with Crippen LogP contribution in [0, 0.1) is 17.7 Å². The van der Waals surface area contributed by atoms with Crippen molar-refractivity contribution >= 4 is 21.7 Å². The zero-order valence-electron chi connectivity index (χ0n) is 9.62. The molecule has 0 spiro atoms. The largest absolute Gasteiger partial charge is 0.307 e. The topological polar surface area (TPSA) is 29.1 Å². The van der Waals surface area contributed by atoms with E-state index < -0.39 is 0 Å². The van der Waals surface area contributed by atoms with Crippen LogP contribution in [0.25, 0.3) is 0 Å². The second-order valence-corrected chi connectivity index (χ2v) is 5.51. The number of nitrogens with one attached hydrogen (secondary N) is 1. The molecule has 3 atom stereocenters. The number of rotatable bonds is 1. The van der Waals surface area contributed by atoms with Crippen LogP contribution in [0.1, 0.15) is 13.3 Å². The van der Waals surface area contributed by atoms with Crippen LogP contribution in [0.3, 0.4) is 0 Å². The summed E-state index contributed by atoms with van der Waals surface area (Å²) in [5.74, 6) is 1.68. The van der Waals surface area contributed by atoms with Gasteiger partial charge in [-0.1, -0.05) is 15.9 Å². The first-order valence-corrected chi connectivity index (χ1v) is 6.52. The highest BCUT2D eigenvalue weighted by atomic mass is 79.9. The van der Waals surface area contributed by atoms with Gasteiger partial charge in [0.25, 0.3) is 0 Å². The lowest BCUT2D eigenvalue weighted by atomic mass is 10.1. The minimum Gasteiger partial charge on any atom is -0.307 e. The summed E-state index contributed by atoms with van der Waals surface area (Å²) in [6.07, 6.45) is 1.29. The molecule has 3 unspecified atom stereocenters. The van der Waals surface area contributed by atoms with E-state index in [2.05, 4.69) is 21.2 Å². The molecule has 2 fully saturated rings. The Balaban J connectivity index is 0.000000128. The van der Waals surface area contributed by atoms with Gasteiger partial charge < -0.3 is 5.32 Å². The zero-order valence-corrected chi connectivity index (χ0v) is 11.2. The van der Waals surface area contributed by atoms with Gasteiger partial charge in [0, 0.05) is 4.47 Å². The van der Waals surface area contributed by atoms with E-state index in [-0.39, 0.29) is 11.9 Å². The van der Waals surface area contributed by atoms with E-state index in [1.165, 1.54) is 18.6 Å². The summed E-state index contributed by atoms with van der Waals surface area (Å²) < 4.78 is 13.0. The van der Waals surface area contributed by atoms with Crippen LogP contribution in [0.4, 0.5) is 4.39 Å². The first-order valence-electron chi connectivity index (χ1n) is 5.73. The van der Waals surface area contributed by atoms with E-state index in [1.54, 1.807) is 19.1 Å². The van der Waals surface area contributed by atoms with Gasteiger partial charge >= 0.3 is 0 Å². The van der Waals surface area contributed by atoms with Crippen molar-refractivity contribution < 1.29 is 9.18 Å². The second-order valence-electron chi connectivity index (χ2n) is 4.59. The molecule has 0 bridgehead atoms. The molecule has 1 aliphatic heterocycles. The minimum absolute atomic E-state index is 0.201. The molecular formula is C13H15BrFNO. The molecule has 2 nitrogen and oxygen atoms in total. The van der Waals surface area contributed by atoms with Gasteiger partial charge in [-0.15, -0.1) is 0 Å². The Morgan fingerprint density at radius 1 is 1.41 bits per heavy atom. The summed E-state index contributed by atoms with van der Waals surface area (Å²) in [5.41, 5.74) is 0. The molecule has 1 saturated carbocycles. The zero-order chi connectivity index (χ0) is 12.4. The monoisotopic (exact) mass is 299 g/mol. The highest BCUT2D eigenvalue weighted by Crippen LogP contribution is 2.45. The fourth-order valence-electron chi connectivity index (χ4n) is 2.22. The fourth-order valence-corrected chi connectivity index (χ4v) is 2.48. The maximum atomic E-state index is 12.1. The SMILES string of the molecule is CC(=O)C1NCC2CC21.Fc1ccc(Br)cc1. The Bertz CT molecular complexity index is 385. The highest BCUT2D eigenvalue weighted by Gasteiger charge is 2.49. The van der Waals surface area contributed by atoms with Crippen molar-refractivity contribution in [3.8, 4) is 0 Å². The summed E-state index contributed by atoms with van der Waals surface area (Å²) in [7, 11) is 0. The average molecular weight is 300 g/mol. The lowest BCUT2D eigenvalue weighted by Gasteiger charge is -2.06. The predicted octanol–water partition coefficient (Wildman–Crippen LogP) is 2.77. The van der Waals surface area contributed by atoms with E-state index in [1.807, 2.05) is 0 Å². The molecular weight excluding hydrogens is 285 g/mol. The molecule has 1 aliphatic carbocycles. The van der Waals surface area contributed by atoms with E-state index in [0.717, 1.165) is 16.9 Å². The van der Waals surface area contributed by atoms with E-state index >= 15 is 0 Å². The van der Waals surface area contributed by atoms with Crippen LogP contribution in [-0.2, 0) is 4.79 Å². The summed E-state index contributed by atoms with van der Waals surface area (Å²) in [6.45, 7) is 2.76. The molecule has 1 saturated heterocycles. The third kappa shape index (κ3) is 3.36. The number of benzene rings is 1. The van der Waals surface area contributed by atoms with E-state index in [9.17, 15) is 9.18 Å². The smallest absolute Gasteiger partial charge is 0.146 e. The molecule has 1 aromatic carbocycles. The number of piperidine rings is 1. The second kappa shape index (κ2) is 5.27. The van der Waals surface area contributed by atoms with Gasteiger partial charge in [-0.25, -0.2) is 4.39 Å². The number of carbonyl (C=O) groups excluding carboxylic acids is 1. The third-order valence-corrected chi connectivity index (χ3v) is 3.78. The molecule has 1 aromatic rings. The fraction of sp³-hybridized carbons (Fsp3) is 0.462. The van der Waals surface area contributed by atoms with Gasteiger partial charge in [0.05, 0.1) is 6.04 Å². The average Bonchev–Trinajstić information content (AvgIpc) is 2.94. The number of fused-ring (bicyclic) bond motifs is 1. The van der Waals surface area contributed by atoms with Gasteiger partial charge in [0.2, 0.25) is 0 Å². The van der Waals surface area contributed by atoms with Crippen molar-refractivity contribution in [1.82, 2.24) is 5.32 Å². The predicted molar refractivity (Wildman–Crippen MR) is 68.2 cm³/mol. The van der Waals surface area contributed by atoms with Gasteiger partial charge in [-0.05, 0) is 56.0 Å². The molecule has 1 N–H and O–H groups in total. The maximum Gasteiger partial charge on any atom is 0.146 e. The van der Waals surface area contributed by atoms with Crippen molar-refractivity contribution in [2.24, 2.45) is 11.8 Å². The summed E-state index contributed by atoms with van der Waals surface area (Å²) in [5, 5.41) is 3.21. The molecule has 0 radical (unpaired) electrons. The Morgan fingerprint density at radius 3 is 2.35 bits per heavy atom. The van der Waals surface area contributed by atoms with Crippen LogP contribution in [0.2, 0.25) is 0 Å². The van der Waals surface area contributed by atoms with E-state index in [4.69, 9.17) is 0 Å².